The van der Waals surface area contributed by atoms with E-state index < -0.39 is 10.0 Å². The molecule has 1 N–H and O–H groups in total. The number of halogens is 1. The van der Waals surface area contributed by atoms with Crippen molar-refractivity contribution in [2.75, 3.05) is 75.0 Å². The monoisotopic (exact) mass is 575 g/mol. The van der Waals surface area contributed by atoms with Gasteiger partial charge in [0.1, 0.15) is 5.82 Å². The SMILES string of the molecule is CCc1nsc(N2CCN(C(=NC)NCCS(=O)(=O)N3CCSCC3)CC2)n1.I. The molecule has 0 saturated carbocycles. The lowest BCUT2D eigenvalue weighted by Gasteiger charge is -2.36. The minimum atomic E-state index is -3.20. The summed E-state index contributed by atoms with van der Waals surface area (Å²) in [6.07, 6.45) is 0.853. The van der Waals surface area contributed by atoms with Gasteiger partial charge >= 0.3 is 0 Å². The molecular weight excluding hydrogens is 545 g/mol. The van der Waals surface area contributed by atoms with Gasteiger partial charge in [0.2, 0.25) is 15.2 Å². The molecule has 3 rings (SSSR count). The lowest BCUT2D eigenvalue weighted by molar-refractivity contribution is 0.373. The summed E-state index contributed by atoms with van der Waals surface area (Å²) in [5, 5.41) is 4.20. The van der Waals surface area contributed by atoms with Crippen molar-refractivity contribution in [1.29, 1.82) is 0 Å². The molecule has 2 aliphatic heterocycles. The number of thioether (sulfide) groups is 1. The van der Waals surface area contributed by atoms with Gasteiger partial charge in [-0.2, -0.15) is 16.1 Å². The highest BCUT2D eigenvalue weighted by Gasteiger charge is 2.25. The highest BCUT2D eigenvalue weighted by Crippen LogP contribution is 2.19. The Morgan fingerprint density at radius 2 is 1.86 bits per heavy atom. The Kier molecular flexibility index (Phi) is 10.2. The van der Waals surface area contributed by atoms with E-state index in [-0.39, 0.29) is 29.7 Å². The van der Waals surface area contributed by atoms with Crippen LogP contribution in [0.1, 0.15) is 12.7 Å². The Morgan fingerprint density at radius 1 is 1.17 bits per heavy atom. The topological polar surface area (TPSA) is 94.0 Å². The van der Waals surface area contributed by atoms with Gasteiger partial charge in [0.25, 0.3) is 0 Å². The Bertz CT molecular complexity index is 760. The molecule has 0 bridgehead atoms. The van der Waals surface area contributed by atoms with Crippen LogP contribution in [0.3, 0.4) is 0 Å². The van der Waals surface area contributed by atoms with Gasteiger partial charge in [0.05, 0.1) is 5.75 Å². The van der Waals surface area contributed by atoms with Crippen molar-refractivity contribution in [3.63, 3.8) is 0 Å². The Balaban J connectivity index is 0.00000300. The molecule has 1 aromatic rings. The smallest absolute Gasteiger partial charge is 0.215 e. The summed E-state index contributed by atoms with van der Waals surface area (Å²) in [5.41, 5.74) is 0. The van der Waals surface area contributed by atoms with Crippen LogP contribution >= 0.6 is 47.3 Å². The highest BCUT2D eigenvalue weighted by atomic mass is 127. The lowest BCUT2D eigenvalue weighted by Crippen LogP contribution is -2.53. The summed E-state index contributed by atoms with van der Waals surface area (Å²) in [6, 6.07) is 0. The molecule has 0 atom stereocenters. The second kappa shape index (κ2) is 11.9. The van der Waals surface area contributed by atoms with Gasteiger partial charge in [0, 0.05) is 82.3 Å². The maximum absolute atomic E-state index is 12.5. The van der Waals surface area contributed by atoms with Gasteiger partial charge in [-0.1, -0.05) is 6.92 Å². The third-order valence-electron chi connectivity index (χ3n) is 4.84. The van der Waals surface area contributed by atoms with Gasteiger partial charge < -0.3 is 15.1 Å². The van der Waals surface area contributed by atoms with Crippen LogP contribution in [-0.4, -0.2) is 103 Å². The Labute approximate surface area is 199 Å². The molecule has 2 aliphatic rings. The number of hydrogen-bond acceptors (Lipinski definition) is 8. The quantitative estimate of drug-likeness (QED) is 0.303. The molecule has 9 nitrogen and oxygen atoms in total. The Hall–Kier alpha value is -0.380. The van der Waals surface area contributed by atoms with E-state index in [4.69, 9.17) is 0 Å². The van der Waals surface area contributed by atoms with E-state index in [0.29, 0.717) is 19.6 Å². The minimum absolute atomic E-state index is 0. The fourth-order valence-corrected chi connectivity index (χ4v) is 6.50. The molecule has 0 radical (unpaired) electrons. The first-order valence-corrected chi connectivity index (χ1v) is 13.2. The second-order valence-electron chi connectivity index (χ2n) is 6.62. The number of hydrogen-bond donors (Lipinski definition) is 1. The van der Waals surface area contributed by atoms with Crippen molar-refractivity contribution in [2.24, 2.45) is 4.99 Å². The first kappa shape index (κ1) is 24.9. The van der Waals surface area contributed by atoms with Crippen LogP contribution in [0.25, 0.3) is 0 Å². The largest absolute Gasteiger partial charge is 0.355 e. The first-order valence-electron chi connectivity index (χ1n) is 9.62. The number of sulfonamides is 1. The molecule has 0 aromatic carbocycles. The zero-order valence-corrected chi connectivity index (χ0v) is 21.7. The van der Waals surface area contributed by atoms with Crippen LogP contribution in [-0.2, 0) is 16.4 Å². The second-order valence-corrected chi connectivity index (χ2v) is 10.7. The number of aliphatic imine (C=N–C) groups is 1. The maximum atomic E-state index is 12.5. The zero-order chi connectivity index (χ0) is 20.0. The van der Waals surface area contributed by atoms with Crippen molar-refractivity contribution in [1.82, 2.24) is 23.9 Å². The lowest BCUT2D eigenvalue weighted by atomic mass is 10.3. The average Bonchev–Trinajstić information content (AvgIpc) is 3.21. The van der Waals surface area contributed by atoms with Crippen LogP contribution in [0.15, 0.2) is 4.99 Å². The third kappa shape index (κ3) is 6.80. The van der Waals surface area contributed by atoms with Gasteiger partial charge in [-0.25, -0.2) is 17.7 Å². The van der Waals surface area contributed by atoms with Crippen molar-refractivity contribution < 1.29 is 8.42 Å². The van der Waals surface area contributed by atoms with E-state index in [1.165, 1.54) is 11.5 Å². The molecule has 3 heterocycles. The standard InChI is InChI=1S/C16H29N7O2S3.HI/c1-3-14-19-16(27-20-14)22-7-5-21(6-8-22)15(17-2)18-4-13-28(24,25)23-9-11-26-12-10-23;/h3-13H2,1-2H3,(H,17,18);1H. The van der Waals surface area contributed by atoms with Crippen molar-refractivity contribution in [2.45, 2.75) is 13.3 Å². The minimum Gasteiger partial charge on any atom is -0.355 e. The Morgan fingerprint density at radius 3 is 2.45 bits per heavy atom. The van der Waals surface area contributed by atoms with Crippen LogP contribution in [0.5, 0.6) is 0 Å². The van der Waals surface area contributed by atoms with Crippen molar-refractivity contribution in [3.8, 4) is 0 Å². The van der Waals surface area contributed by atoms with E-state index in [1.54, 1.807) is 11.4 Å². The number of aromatic nitrogens is 2. The molecule has 0 spiro atoms. The summed E-state index contributed by atoms with van der Waals surface area (Å²) >= 11 is 3.26. The fraction of sp³-hybridized carbons (Fsp3) is 0.812. The van der Waals surface area contributed by atoms with E-state index in [0.717, 1.165) is 61.0 Å². The summed E-state index contributed by atoms with van der Waals surface area (Å²) in [7, 11) is -1.46. The molecule has 0 aliphatic carbocycles. The molecule has 29 heavy (non-hydrogen) atoms. The fourth-order valence-electron chi connectivity index (χ4n) is 3.20. The van der Waals surface area contributed by atoms with Crippen LogP contribution < -0.4 is 10.2 Å². The predicted octanol–water partition coefficient (Wildman–Crippen LogP) is 0.795. The van der Waals surface area contributed by atoms with Crippen LogP contribution in [0.4, 0.5) is 5.13 Å². The zero-order valence-electron chi connectivity index (χ0n) is 16.9. The summed E-state index contributed by atoms with van der Waals surface area (Å²) < 4.78 is 30.9. The summed E-state index contributed by atoms with van der Waals surface area (Å²) in [5.74, 6) is 3.52. The highest BCUT2D eigenvalue weighted by molar-refractivity contribution is 14.0. The third-order valence-corrected chi connectivity index (χ3v) is 8.47. The van der Waals surface area contributed by atoms with Gasteiger partial charge in [-0.15, -0.1) is 24.0 Å². The molecule has 2 fully saturated rings. The normalized spacial score (nSPS) is 19.2. The average molecular weight is 576 g/mol. The molecule has 1 aromatic heterocycles. The summed E-state index contributed by atoms with van der Waals surface area (Å²) in [6.45, 7) is 7.00. The number of piperazine rings is 1. The van der Waals surface area contributed by atoms with E-state index in [1.807, 2.05) is 11.8 Å². The van der Waals surface area contributed by atoms with Crippen molar-refractivity contribution >= 4 is 68.4 Å². The van der Waals surface area contributed by atoms with Crippen LogP contribution in [0, 0.1) is 0 Å². The molecule has 166 valence electrons. The number of guanidine groups is 1. The first-order chi connectivity index (χ1) is 13.5. The number of aryl methyl sites for hydroxylation is 1. The van der Waals surface area contributed by atoms with E-state index in [9.17, 15) is 8.42 Å². The van der Waals surface area contributed by atoms with Gasteiger partial charge in [0.15, 0.2) is 5.96 Å². The van der Waals surface area contributed by atoms with Crippen LogP contribution in [0.2, 0.25) is 0 Å². The van der Waals surface area contributed by atoms with E-state index in [2.05, 4.69) is 36.4 Å². The molecule has 13 heteroatoms. The maximum Gasteiger partial charge on any atom is 0.215 e. The number of rotatable bonds is 6. The number of anilines is 1. The van der Waals surface area contributed by atoms with Crippen molar-refractivity contribution in [3.05, 3.63) is 5.82 Å². The number of nitrogens with zero attached hydrogens (tertiary/aromatic N) is 6. The predicted molar refractivity (Wildman–Crippen MR) is 133 cm³/mol. The molecule has 0 amide bonds. The van der Waals surface area contributed by atoms with E-state index >= 15 is 0 Å². The number of nitrogens with one attached hydrogen (secondary N) is 1. The molecule has 0 unspecified atom stereocenters. The van der Waals surface area contributed by atoms with Gasteiger partial charge in [-0.05, 0) is 0 Å². The summed E-state index contributed by atoms with van der Waals surface area (Å²) in [4.78, 5) is 13.3. The van der Waals surface area contributed by atoms with Gasteiger partial charge in [-0.3, -0.25) is 4.99 Å². The molecular formula is C16H30IN7O2S3. The molecule has 2 saturated heterocycles.